The number of hydrogen-bond donors (Lipinski definition) is 2. The van der Waals surface area contributed by atoms with Crippen molar-refractivity contribution >= 4 is 23.1 Å². The Bertz CT molecular complexity index is 1020. The van der Waals surface area contributed by atoms with E-state index in [1.165, 1.54) is 7.11 Å². The first-order valence-corrected chi connectivity index (χ1v) is 8.83. The minimum Gasteiger partial charge on any atom is -0.497 e. The maximum absolute atomic E-state index is 12.8. The predicted molar refractivity (Wildman–Crippen MR) is 111 cm³/mol. The summed E-state index contributed by atoms with van der Waals surface area (Å²) in [5, 5.41) is 5.97. The number of rotatable bonds is 7. The Kier molecular flexibility index (Phi) is 6.13. The zero-order valence-corrected chi connectivity index (χ0v) is 16.6. The summed E-state index contributed by atoms with van der Waals surface area (Å²) in [5.74, 6) is 2.30. The molecule has 3 aromatic rings. The third-order valence-corrected chi connectivity index (χ3v) is 4.10. The molecule has 0 saturated heterocycles. The van der Waals surface area contributed by atoms with Gasteiger partial charge < -0.3 is 24.8 Å². The Labute approximate surface area is 168 Å². The molecule has 150 valence electrons. The molecule has 8 heteroatoms. The van der Waals surface area contributed by atoms with Gasteiger partial charge in [0.1, 0.15) is 34.6 Å². The van der Waals surface area contributed by atoms with E-state index in [0.29, 0.717) is 34.6 Å². The van der Waals surface area contributed by atoms with Crippen LogP contribution < -0.4 is 24.8 Å². The molecule has 0 radical (unpaired) electrons. The molecule has 0 fully saturated rings. The second-order valence-electron chi connectivity index (χ2n) is 6.03. The van der Waals surface area contributed by atoms with Crippen LogP contribution in [0.3, 0.4) is 0 Å². The number of methoxy groups -OCH3 is 3. The van der Waals surface area contributed by atoms with Gasteiger partial charge in [0.2, 0.25) is 0 Å². The molecule has 8 nitrogen and oxygen atoms in total. The number of carbonyl (C=O) groups excluding carboxylic acids is 1. The van der Waals surface area contributed by atoms with Crippen LogP contribution in [0.2, 0.25) is 0 Å². The number of hydrogen-bond acceptors (Lipinski definition) is 7. The second-order valence-corrected chi connectivity index (χ2v) is 6.03. The van der Waals surface area contributed by atoms with Gasteiger partial charge in [-0.15, -0.1) is 0 Å². The van der Waals surface area contributed by atoms with Crippen molar-refractivity contribution in [3.05, 3.63) is 60.0 Å². The zero-order valence-electron chi connectivity index (χ0n) is 16.6. The van der Waals surface area contributed by atoms with Gasteiger partial charge >= 0.3 is 0 Å². The Morgan fingerprint density at radius 3 is 2.31 bits per heavy atom. The smallest absolute Gasteiger partial charge is 0.274 e. The van der Waals surface area contributed by atoms with Crippen LogP contribution >= 0.6 is 0 Å². The van der Waals surface area contributed by atoms with E-state index in [-0.39, 0.29) is 5.69 Å². The lowest BCUT2D eigenvalue weighted by Gasteiger charge is -2.13. The van der Waals surface area contributed by atoms with Crippen molar-refractivity contribution in [3.63, 3.8) is 0 Å². The number of carbonyl (C=O) groups is 1. The minimum atomic E-state index is -0.398. The molecule has 0 aliphatic heterocycles. The highest BCUT2D eigenvalue weighted by Crippen LogP contribution is 2.30. The maximum Gasteiger partial charge on any atom is 0.274 e. The molecule has 2 aromatic carbocycles. The summed E-state index contributed by atoms with van der Waals surface area (Å²) in [6, 6.07) is 14.2. The average Bonchev–Trinajstić information content (AvgIpc) is 2.73. The van der Waals surface area contributed by atoms with Gasteiger partial charge in [-0.25, -0.2) is 9.97 Å². The summed E-state index contributed by atoms with van der Waals surface area (Å²) in [5.41, 5.74) is 1.42. The molecule has 1 amide bonds. The molecule has 0 saturated carbocycles. The van der Waals surface area contributed by atoms with E-state index in [4.69, 9.17) is 14.2 Å². The standard InChI is InChI=1S/C21H22N4O4/c1-13-22-17(12-20(23-13)24-15-7-5-6-8-18(15)28-3)21(26)25-16-11-14(27-2)9-10-19(16)29-4/h5-12H,1-4H3,(H,25,26)(H,22,23,24). The SMILES string of the molecule is COc1ccc(OC)c(NC(=O)c2cc(Nc3ccccc3OC)nc(C)n2)c1. The fourth-order valence-corrected chi connectivity index (χ4v) is 2.73. The van der Waals surface area contributed by atoms with E-state index >= 15 is 0 Å². The van der Waals surface area contributed by atoms with Crippen LogP contribution in [0.15, 0.2) is 48.5 Å². The van der Waals surface area contributed by atoms with Crippen LogP contribution in [0.4, 0.5) is 17.2 Å². The van der Waals surface area contributed by atoms with Crippen LogP contribution in [0.25, 0.3) is 0 Å². The van der Waals surface area contributed by atoms with Crippen molar-refractivity contribution in [1.82, 2.24) is 9.97 Å². The molecular weight excluding hydrogens is 372 g/mol. The van der Waals surface area contributed by atoms with Crippen molar-refractivity contribution in [2.45, 2.75) is 6.92 Å². The van der Waals surface area contributed by atoms with Gasteiger partial charge in [0.15, 0.2) is 0 Å². The van der Waals surface area contributed by atoms with Crippen LogP contribution in [0.5, 0.6) is 17.2 Å². The van der Waals surface area contributed by atoms with Gasteiger partial charge in [0, 0.05) is 12.1 Å². The first kappa shape index (κ1) is 19.9. The van der Waals surface area contributed by atoms with Crippen molar-refractivity contribution in [1.29, 1.82) is 0 Å². The normalized spacial score (nSPS) is 10.2. The van der Waals surface area contributed by atoms with E-state index in [1.807, 2.05) is 24.3 Å². The van der Waals surface area contributed by atoms with E-state index in [0.717, 1.165) is 5.69 Å². The quantitative estimate of drug-likeness (QED) is 0.629. The van der Waals surface area contributed by atoms with Crippen molar-refractivity contribution in [2.24, 2.45) is 0 Å². The number of ether oxygens (including phenoxy) is 3. The second kappa shape index (κ2) is 8.92. The fourth-order valence-electron chi connectivity index (χ4n) is 2.73. The molecular formula is C21H22N4O4. The topological polar surface area (TPSA) is 94.6 Å². The van der Waals surface area contributed by atoms with Crippen LogP contribution in [0.1, 0.15) is 16.3 Å². The highest BCUT2D eigenvalue weighted by molar-refractivity contribution is 6.04. The highest BCUT2D eigenvalue weighted by Gasteiger charge is 2.15. The first-order chi connectivity index (χ1) is 14.0. The van der Waals surface area contributed by atoms with Gasteiger partial charge in [-0.1, -0.05) is 12.1 Å². The molecule has 0 aliphatic rings. The summed E-state index contributed by atoms with van der Waals surface area (Å²) >= 11 is 0. The first-order valence-electron chi connectivity index (χ1n) is 8.83. The summed E-state index contributed by atoms with van der Waals surface area (Å²) in [6.45, 7) is 1.72. The Balaban J connectivity index is 1.87. The van der Waals surface area contributed by atoms with Gasteiger partial charge in [-0.05, 0) is 31.2 Å². The molecule has 2 N–H and O–H groups in total. The molecule has 0 unspecified atom stereocenters. The van der Waals surface area contributed by atoms with Gasteiger partial charge in [-0.2, -0.15) is 0 Å². The van der Waals surface area contributed by atoms with Crippen LogP contribution in [0, 0.1) is 6.92 Å². The zero-order chi connectivity index (χ0) is 20.8. The van der Waals surface area contributed by atoms with E-state index in [2.05, 4.69) is 20.6 Å². The summed E-state index contributed by atoms with van der Waals surface area (Å²) in [6.07, 6.45) is 0. The number of nitrogens with zero attached hydrogens (tertiary/aromatic N) is 2. The van der Waals surface area contributed by atoms with Crippen molar-refractivity contribution < 1.29 is 19.0 Å². The summed E-state index contributed by atoms with van der Waals surface area (Å²) in [7, 11) is 4.67. The maximum atomic E-state index is 12.8. The van der Waals surface area contributed by atoms with Gasteiger partial charge in [0.05, 0.1) is 32.7 Å². The van der Waals surface area contributed by atoms with Crippen LogP contribution in [-0.2, 0) is 0 Å². The van der Waals surface area contributed by atoms with Crippen LogP contribution in [-0.4, -0.2) is 37.2 Å². The average molecular weight is 394 g/mol. The lowest BCUT2D eigenvalue weighted by Crippen LogP contribution is -2.16. The molecule has 0 aliphatic carbocycles. The summed E-state index contributed by atoms with van der Waals surface area (Å²) < 4.78 is 15.9. The lowest BCUT2D eigenvalue weighted by molar-refractivity contribution is 0.102. The molecule has 1 aromatic heterocycles. The number of aromatic nitrogens is 2. The largest absolute Gasteiger partial charge is 0.497 e. The number of benzene rings is 2. The van der Waals surface area contributed by atoms with Gasteiger partial charge in [-0.3, -0.25) is 4.79 Å². The number of aryl methyl sites for hydroxylation is 1. The van der Waals surface area contributed by atoms with Crippen molar-refractivity contribution in [3.8, 4) is 17.2 Å². The van der Waals surface area contributed by atoms with E-state index < -0.39 is 5.91 Å². The molecule has 0 atom stereocenters. The number of amides is 1. The molecule has 1 heterocycles. The minimum absolute atomic E-state index is 0.208. The van der Waals surface area contributed by atoms with Gasteiger partial charge in [0.25, 0.3) is 5.91 Å². The van der Waals surface area contributed by atoms with Crippen molar-refractivity contribution in [2.75, 3.05) is 32.0 Å². The Hall–Kier alpha value is -3.81. The Morgan fingerprint density at radius 1 is 0.862 bits per heavy atom. The third-order valence-electron chi connectivity index (χ3n) is 4.10. The molecule has 29 heavy (non-hydrogen) atoms. The monoisotopic (exact) mass is 394 g/mol. The summed E-state index contributed by atoms with van der Waals surface area (Å²) in [4.78, 5) is 21.4. The number of anilines is 3. The molecule has 0 bridgehead atoms. The molecule has 3 rings (SSSR count). The van der Waals surface area contributed by atoms with E-state index in [1.54, 1.807) is 45.4 Å². The highest BCUT2D eigenvalue weighted by atomic mass is 16.5. The van der Waals surface area contributed by atoms with E-state index in [9.17, 15) is 4.79 Å². The fraction of sp³-hybridized carbons (Fsp3) is 0.190. The molecule has 0 spiro atoms. The number of nitrogens with one attached hydrogen (secondary N) is 2. The number of para-hydroxylation sites is 2. The Morgan fingerprint density at radius 2 is 1.59 bits per heavy atom. The third kappa shape index (κ3) is 4.73. The predicted octanol–water partition coefficient (Wildman–Crippen LogP) is 3.81. The lowest BCUT2D eigenvalue weighted by atomic mass is 10.2.